The number of hydrogen-bond donors (Lipinski definition) is 5. The molecule has 7 N–H and O–H groups in total. The third-order valence-corrected chi connectivity index (χ3v) is 5.07. The van der Waals surface area contributed by atoms with Crippen LogP contribution in [0.5, 0.6) is 0 Å². The first-order valence-corrected chi connectivity index (χ1v) is 8.87. The van der Waals surface area contributed by atoms with E-state index in [0.29, 0.717) is 5.56 Å². The van der Waals surface area contributed by atoms with Crippen LogP contribution >= 0.6 is 11.8 Å². The third kappa shape index (κ3) is 3.13. The molecule has 4 rings (SSSR count). The monoisotopic (exact) mass is 394 g/mol. The van der Waals surface area contributed by atoms with E-state index in [9.17, 15) is 9.59 Å². The van der Waals surface area contributed by atoms with Crippen molar-refractivity contribution < 1.29 is 9.59 Å². The number of amides is 2. The topological polar surface area (TPSA) is 161 Å². The second-order valence-electron chi connectivity index (χ2n) is 5.66. The summed E-state index contributed by atoms with van der Waals surface area (Å²) in [5, 5.41) is 3.36. The molecule has 10 nitrogen and oxygen atoms in total. The number of nitrogens with zero attached hydrogens (tertiary/aromatic N) is 3. The minimum absolute atomic E-state index is 0.136. The number of hydrazine groups is 2. The molecule has 1 aliphatic heterocycles. The number of para-hydroxylation sites is 2. The van der Waals surface area contributed by atoms with Crippen molar-refractivity contribution in [3.63, 3.8) is 0 Å². The van der Waals surface area contributed by atoms with Crippen LogP contribution in [-0.2, 0) is 0 Å². The molecule has 11 heteroatoms. The number of nitrogen functional groups attached to an aromatic ring is 2. The Morgan fingerprint density at radius 2 is 1.50 bits per heavy atom. The highest BCUT2D eigenvalue weighted by atomic mass is 32.2. The summed E-state index contributed by atoms with van der Waals surface area (Å²) in [7, 11) is 0. The van der Waals surface area contributed by atoms with Gasteiger partial charge >= 0.3 is 11.8 Å². The summed E-state index contributed by atoms with van der Waals surface area (Å²) in [5.41, 5.74) is 6.18. The molecule has 0 spiro atoms. The van der Waals surface area contributed by atoms with E-state index in [0.717, 1.165) is 21.2 Å². The van der Waals surface area contributed by atoms with E-state index in [1.807, 2.05) is 47.2 Å². The van der Waals surface area contributed by atoms with Crippen LogP contribution in [0.1, 0.15) is 21.2 Å². The number of hydrogen-bond acceptors (Lipinski definition) is 9. The summed E-state index contributed by atoms with van der Waals surface area (Å²) in [6, 6.07) is 13.4. The largest absolute Gasteiger partial charge is 0.353 e. The second kappa shape index (κ2) is 7.23. The lowest BCUT2D eigenvalue weighted by molar-refractivity contribution is 0.0936. The van der Waals surface area contributed by atoms with Crippen LogP contribution in [0.15, 0.2) is 52.3 Å². The minimum Gasteiger partial charge on any atom is -0.353 e. The Hall–Kier alpha value is -3.54. The predicted octanol–water partition coefficient (Wildman–Crippen LogP) is 0.954. The average Bonchev–Trinajstić information content (AvgIpc) is 2.75. The number of benzene rings is 2. The van der Waals surface area contributed by atoms with Crippen molar-refractivity contribution in [2.75, 3.05) is 5.32 Å². The third-order valence-electron chi connectivity index (χ3n) is 3.94. The SMILES string of the molecule is NNC(=O)c1nc(C(=O)NN)nc(-c2cccc3c2Nc2ccccc2S3)n1. The van der Waals surface area contributed by atoms with Crippen LogP contribution < -0.4 is 27.9 Å². The fourth-order valence-electron chi connectivity index (χ4n) is 2.67. The summed E-state index contributed by atoms with van der Waals surface area (Å²) in [6.45, 7) is 0. The molecule has 2 amide bonds. The zero-order valence-corrected chi connectivity index (χ0v) is 15.1. The first-order valence-electron chi connectivity index (χ1n) is 8.06. The minimum atomic E-state index is -0.757. The molecule has 0 unspecified atom stereocenters. The van der Waals surface area contributed by atoms with E-state index in [4.69, 9.17) is 11.7 Å². The highest BCUT2D eigenvalue weighted by Gasteiger charge is 2.23. The molecule has 0 atom stereocenters. The summed E-state index contributed by atoms with van der Waals surface area (Å²) >= 11 is 1.59. The van der Waals surface area contributed by atoms with Gasteiger partial charge in [0.2, 0.25) is 11.6 Å². The van der Waals surface area contributed by atoms with Crippen LogP contribution in [0, 0.1) is 0 Å². The number of carbonyl (C=O) groups is 2. The Labute approximate surface area is 163 Å². The molecule has 0 aliphatic carbocycles. The number of nitrogens with one attached hydrogen (secondary N) is 3. The van der Waals surface area contributed by atoms with Gasteiger partial charge in [0.05, 0.1) is 11.4 Å². The molecule has 0 bridgehead atoms. The molecular weight excluding hydrogens is 380 g/mol. The Balaban J connectivity index is 1.86. The molecule has 0 radical (unpaired) electrons. The first-order chi connectivity index (χ1) is 13.6. The van der Waals surface area contributed by atoms with Gasteiger partial charge in [-0.05, 0) is 24.3 Å². The van der Waals surface area contributed by atoms with Crippen molar-refractivity contribution in [2.24, 2.45) is 11.7 Å². The smallest absolute Gasteiger partial charge is 0.303 e. The van der Waals surface area contributed by atoms with E-state index < -0.39 is 11.8 Å². The summed E-state index contributed by atoms with van der Waals surface area (Å²) < 4.78 is 0. The maximum atomic E-state index is 11.9. The average molecular weight is 394 g/mol. The lowest BCUT2D eigenvalue weighted by atomic mass is 10.1. The van der Waals surface area contributed by atoms with Gasteiger partial charge in [0.15, 0.2) is 5.82 Å². The number of aromatic nitrogens is 3. The van der Waals surface area contributed by atoms with Crippen molar-refractivity contribution in [1.29, 1.82) is 0 Å². The summed E-state index contributed by atoms with van der Waals surface area (Å²) in [6.07, 6.45) is 0. The predicted molar refractivity (Wildman–Crippen MR) is 102 cm³/mol. The van der Waals surface area contributed by atoms with E-state index in [1.54, 1.807) is 17.8 Å². The molecule has 3 aromatic rings. The van der Waals surface area contributed by atoms with Gasteiger partial charge in [-0.1, -0.05) is 30.0 Å². The van der Waals surface area contributed by atoms with E-state index >= 15 is 0 Å². The van der Waals surface area contributed by atoms with Crippen molar-refractivity contribution >= 4 is 35.0 Å². The molecule has 1 aromatic heterocycles. The quantitative estimate of drug-likeness (QED) is 0.193. The van der Waals surface area contributed by atoms with Crippen molar-refractivity contribution in [1.82, 2.24) is 25.8 Å². The Bertz CT molecular complexity index is 1070. The molecule has 2 heterocycles. The Kier molecular flexibility index (Phi) is 4.61. The molecule has 140 valence electrons. The van der Waals surface area contributed by atoms with E-state index in [-0.39, 0.29) is 17.5 Å². The molecule has 2 aromatic carbocycles. The standard InChI is InChI=1S/C17H14N8O2S/c18-24-16(26)14-21-13(22-15(23-14)17(27)25-19)8-4-3-7-11-12(8)20-9-5-1-2-6-10(9)28-11/h1-7,20H,18-19H2,(H,24,26)(H,25,27). The number of fused-ring (bicyclic) bond motifs is 2. The van der Waals surface area contributed by atoms with Gasteiger partial charge in [-0.25, -0.2) is 21.7 Å². The number of rotatable bonds is 3. The summed E-state index contributed by atoms with van der Waals surface area (Å²) in [5.74, 6) is 8.37. The highest BCUT2D eigenvalue weighted by molar-refractivity contribution is 7.99. The van der Waals surface area contributed by atoms with Crippen molar-refractivity contribution in [2.45, 2.75) is 9.79 Å². The summed E-state index contributed by atoms with van der Waals surface area (Å²) in [4.78, 5) is 38.1. The molecule has 0 saturated heterocycles. The van der Waals surface area contributed by atoms with Gasteiger partial charge in [-0.2, -0.15) is 4.98 Å². The molecule has 28 heavy (non-hydrogen) atoms. The molecule has 0 fully saturated rings. The van der Waals surface area contributed by atoms with Gasteiger partial charge in [0.1, 0.15) is 0 Å². The number of nitrogens with two attached hydrogens (primary N) is 2. The van der Waals surface area contributed by atoms with Gasteiger partial charge in [-0.15, -0.1) is 0 Å². The maximum Gasteiger partial charge on any atom is 0.303 e. The van der Waals surface area contributed by atoms with Gasteiger partial charge in [-0.3, -0.25) is 20.4 Å². The highest BCUT2D eigenvalue weighted by Crippen LogP contribution is 2.47. The maximum absolute atomic E-state index is 11.9. The van der Waals surface area contributed by atoms with Crippen LogP contribution in [-0.4, -0.2) is 26.8 Å². The van der Waals surface area contributed by atoms with Crippen molar-refractivity contribution in [3.05, 3.63) is 54.1 Å². The van der Waals surface area contributed by atoms with Crippen LogP contribution in [0.25, 0.3) is 11.4 Å². The van der Waals surface area contributed by atoms with Crippen LogP contribution in [0.4, 0.5) is 11.4 Å². The van der Waals surface area contributed by atoms with Crippen LogP contribution in [0.2, 0.25) is 0 Å². The lowest BCUT2D eigenvalue weighted by Crippen LogP contribution is -2.35. The zero-order valence-electron chi connectivity index (χ0n) is 14.3. The zero-order chi connectivity index (χ0) is 19.7. The fourth-order valence-corrected chi connectivity index (χ4v) is 3.69. The van der Waals surface area contributed by atoms with E-state index in [2.05, 4.69) is 20.3 Å². The second-order valence-corrected chi connectivity index (χ2v) is 6.74. The molecule has 1 aliphatic rings. The van der Waals surface area contributed by atoms with Gasteiger partial charge in [0.25, 0.3) is 0 Å². The Morgan fingerprint density at radius 3 is 2.18 bits per heavy atom. The lowest BCUT2D eigenvalue weighted by Gasteiger charge is -2.22. The number of anilines is 2. The van der Waals surface area contributed by atoms with Crippen LogP contribution in [0.3, 0.4) is 0 Å². The van der Waals surface area contributed by atoms with E-state index in [1.165, 1.54) is 0 Å². The van der Waals surface area contributed by atoms with Gasteiger partial charge in [0, 0.05) is 15.4 Å². The van der Waals surface area contributed by atoms with Crippen molar-refractivity contribution in [3.8, 4) is 11.4 Å². The molecule has 0 saturated carbocycles. The fraction of sp³-hybridized carbons (Fsp3) is 0. The number of carbonyl (C=O) groups excluding carboxylic acids is 2. The normalized spacial score (nSPS) is 11.6. The first kappa shape index (κ1) is 17.9. The molecular formula is C17H14N8O2S. The Morgan fingerprint density at radius 1 is 0.857 bits per heavy atom. The van der Waals surface area contributed by atoms with Gasteiger partial charge < -0.3 is 5.32 Å².